The van der Waals surface area contributed by atoms with Crippen LogP contribution in [-0.4, -0.2) is 47.3 Å². The van der Waals surface area contributed by atoms with Crippen molar-refractivity contribution in [3.8, 4) is 0 Å². The molecule has 0 spiro atoms. The van der Waals surface area contributed by atoms with E-state index in [0.29, 0.717) is 37.1 Å². The summed E-state index contributed by atoms with van der Waals surface area (Å²) in [6.07, 6.45) is 2.53. The molecule has 3 heterocycles. The van der Waals surface area contributed by atoms with Gasteiger partial charge in [-0.15, -0.1) is 0 Å². The molecule has 4 amide bonds. The van der Waals surface area contributed by atoms with Gasteiger partial charge in [0.05, 0.1) is 11.3 Å². The first-order valence-corrected chi connectivity index (χ1v) is 11.8. The average molecular weight is 461 g/mol. The van der Waals surface area contributed by atoms with Crippen LogP contribution in [-0.2, 0) is 20.9 Å². The summed E-state index contributed by atoms with van der Waals surface area (Å²) in [5.74, 6) is -0.169. The third kappa shape index (κ3) is 3.73. The van der Waals surface area contributed by atoms with Crippen molar-refractivity contribution in [2.24, 2.45) is 0 Å². The monoisotopic (exact) mass is 460 g/mol. The van der Waals surface area contributed by atoms with E-state index in [1.165, 1.54) is 0 Å². The number of amides is 4. The number of carbonyl (C=O) groups excluding carboxylic acids is 4. The highest BCUT2D eigenvalue weighted by Gasteiger charge is 2.52. The number of carbonyl (C=O) groups is 4. The molecule has 0 bridgehead atoms. The summed E-state index contributed by atoms with van der Waals surface area (Å²) in [5, 5.41) is 2.91. The highest BCUT2D eigenvalue weighted by Crippen LogP contribution is 2.43. The molecule has 2 saturated heterocycles. The van der Waals surface area contributed by atoms with E-state index < -0.39 is 5.66 Å². The zero-order valence-corrected chi connectivity index (χ0v) is 19.3. The van der Waals surface area contributed by atoms with Crippen LogP contribution in [0.25, 0.3) is 0 Å². The van der Waals surface area contributed by atoms with Gasteiger partial charge in [-0.3, -0.25) is 24.1 Å². The normalized spacial score (nSPS) is 21.7. The van der Waals surface area contributed by atoms with Crippen LogP contribution in [0.5, 0.6) is 0 Å². The molecule has 0 aromatic heterocycles. The average Bonchev–Trinajstić information content (AvgIpc) is 3.40. The van der Waals surface area contributed by atoms with Crippen molar-refractivity contribution < 1.29 is 19.2 Å². The molecular weight excluding hydrogens is 432 g/mol. The maximum Gasteiger partial charge on any atom is 0.257 e. The van der Waals surface area contributed by atoms with Gasteiger partial charge in [0.1, 0.15) is 5.66 Å². The summed E-state index contributed by atoms with van der Waals surface area (Å²) in [5.41, 5.74) is 2.20. The van der Waals surface area contributed by atoms with Gasteiger partial charge in [0.25, 0.3) is 5.91 Å². The van der Waals surface area contributed by atoms with Gasteiger partial charge in [-0.05, 0) is 49.6 Å². The van der Waals surface area contributed by atoms with E-state index in [1.807, 2.05) is 43.3 Å². The molecule has 34 heavy (non-hydrogen) atoms. The van der Waals surface area contributed by atoms with Crippen molar-refractivity contribution in [1.82, 2.24) is 10.2 Å². The van der Waals surface area contributed by atoms with Crippen molar-refractivity contribution in [3.05, 3.63) is 59.7 Å². The summed E-state index contributed by atoms with van der Waals surface area (Å²) in [6, 6.07) is 14.8. The quantitative estimate of drug-likeness (QED) is 0.718. The smallest absolute Gasteiger partial charge is 0.257 e. The van der Waals surface area contributed by atoms with E-state index in [-0.39, 0.29) is 36.6 Å². The minimum Gasteiger partial charge on any atom is -0.352 e. The Hall–Kier alpha value is -3.68. The van der Waals surface area contributed by atoms with Gasteiger partial charge >= 0.3 is 0 Å². The molecule has 8 nitrogen and oxygen atoms in total. The predicted octanol–water partition coefficient (Wildman–Crippen LogP) is 2.82. The summed E-state index contributed by atoms with van der Waals surface area (Å²) in [6.45, 7) is 3.24. The van der Waals surface area contributed by atoms with Crippen LogP contribution in [0.3, 0.4) is 0 Å². The van der Waals surface area contributed by atoms with Crippen molar-refractivity contribution in [1.29, 1.82) is 0 Å². The van der Waals surface area contributed by atoms with Gasteiger partial charge in [0.2, 0.25) is 17.7 Å². The van der Waals surface area contributed by atoms with E-state index in [4.69, 9.17) is 0 Å². The fourth-order valence-electron chi connectivity index (χ4n) is 5.26. The molecule has 0 saturated carbocycles. The van der Waals surface area contributed by atoms with Crippen LogP contribution in [0.1, 0.15) is 54.9 Å². The maximum absolute atomic E-state index is 13.3. The number of anilines is 2. The Kier molecular flexibility index (Phi) is 5.59. The second kappa shape index (κ2) is 8.59. The molecule has 2 aromatic rings. The second-order valence-corrected chi connectivity index (χ2v) is 9.26. The van der Waals surface area contributed by atoms with E-state index in [2.05, 4.69) is 5.32 Å². The minimum atomic E-state index is -0.758. The highest BCUT2D eigenvalue weighted by atomic mass is 16.2. The van der Waals surface area contributed by atoms with Crippen LogP contribution in [0.2, 0.25) is 0 Å². The highest BCUT2D eigenvalue weighted by molar-refractivity contribution is 6.10. The van der Waals surface area contributed by atoms with Crippen molar-refractivity contribution in [2.45, 2.75) is 51.2 Å². The standard InChI is InChI=1S/C26H28N4O4/c1-26-14-12-24(33)30(26)21-6-3-2-5-20(21)25(34)29(26)16-13-22(31)27-17-18-8-10-19(11-9-18)28-15-4-7-23(28)32/h2-3,5-6,8-11H,4,7,12-17H2,1H3,(H,27,31). The third-order valence-electron chi connectivity index (χ3n) is 7.12. The lowest BCUT2D eigenvalue weighted by Crippen LogP contribution is -2.62. The van der Waals surface area contributed by atoms with Gasteiger partial charge in [0.15, 0.2) is 0 Å². The number of benzene rings is 2. The summed E-state index contributed by atoms with van der Waals surface area (Å²) in [7, 11) is 0. The van der Waals surface area contributed by atoms with Gasteiger partial charge in [-0.1, -0.05) is 24.3 Å². The lowest BCUT2D eigenvalue weighted by molar-refractivity contribution is -0.121. The maximum atomic E-state index is 13.3. The van der Waals surface area contributed by atoms with Gasteiger partial charge in [0, 0.05) is 44.6 Å². The van der Waals surface area contributed by atoms with Gasteiger partial charge in [-0.25, -0.2) is 0 Å². The molecule has 1 N–H and O–H groups in total. The number of rotatable bonds is 6. The van der Waals surface area contributed by atoms with Gasteiger partial charge in [-0.2, -0.15) is 0 Å². The zero-order valence-electron chi connectivity index (χ0n) is 19.3. The molecule has 3 aliphatic rings. The number of hydrogen-bond acceptors (Lipinski definition) is 4. The third-order valence-corrected chi connectivity index (χ3v) is 7.12. The topological polar surface area (TPSA) is 90.0 Å². The molecule has 0 radical (unpaired) electrons. The van der Waals surface area contributed by atoms with E-state index in [0.717, 1.165) is 24.2 Å². The van der Waals surface area contributed by atoms with Crippen LogP contribution >= 0.6 is 0 Å². The molecule has 0 aliphatic carbocycles. The molecule has 8 heteroatoms. The Morgan fingerprint density at radius 1 is 1.00 bits per heavy atom. The first kappa shape index (κ1) is 22.1. The van der Waals surface area contributed by atoms with E-state index in [9.17, 15) is 19.2 Å². The molecule has 1 atom stereocenters. The fraction of sp³-hybridized carbons (Fsp3) is 0.385. The van der Waals surface area contributed by atoms with Crippen molar-refractivity contribution >= 4 is 35.0 Å². The first-order valence-electron chi connectivity index (χ1n) is 11.8. The Labute approximate surface area is 198 Å². The lowest BCUT2D eigenvalue weighted by atomic mass is 9.98. The summed E-state index contributed by atoms with van der Waals surface area (Å²) >= 11 is 0. The number of fused-ring (bicyclic) bond motifs is 3. The molecule has 2 fully saturated rings. The SMILES string of the molecule is CC12CCC(=O)N1c1ccccc1C(=O)N2CCC(=O)NCc1ccc(N2CCCC2=O)cc1. The number of hydrogen-bond donors (Lipinski definition) is 1. The first-order chi connectivity index (χ1) is 16.4. The van der Waals surface area contributed by atoms with E-state index >= 15 is 0 Å². The van der Waals surface area contributed by atoms with Crippen LogP contribution in [0.4, 0.5) is 11.4 Å². The Morgan fingerprint density at radius 2 is 1.76 bits per heavy atom. The Morgan fingerprint density at radius 3 is 2.50 bits per heavy atom. The largest absolute Gasteiger partial charge is 0.352 e. The van der Waals surface area contributed by atoms with Crippen molar-refractivity contribution in [3.63, 3.8) is 0 Å². The molecular formula is C26H28N4O4. The van der Waals surface area contributed by atoms with Crippen molar-refractivity contribution in [2.75, 3.05) is 22.9 Å². The van der Waals surface area contributed by atoms with Gasteiger partial charge < -0.3 is 15.1 Å². The second-order valence-electron chi connectivity index (χ2n) is 9.26. The molecule has 2 aromatic carbocycles. The molecule has 176 valence electrons. The number of nitrogens with one attached hydrogen (secondary N) is 1. The predicted molar refractivity (Wildman–Crippen MR) is 127 cm³/mol. The number of para-hydroxylation sites is 1. The van der Waals surface area contributed by atoms with Crippen LogP contribution < -0.4 is 15.1 Å². The molecule has 1 unspecified atom stereocenters. The van der Waals surface area contributed by atoms with Crippen LogP contribution in [0, 0.1) is 0 Å². The molecule has 3 aliphatic heterocycles. The minimum absolute atomic E-state index is 0.00372. The van der Waals surface area contributed by atoms with Crippen LogP contribution in [0.15, 0.2) is 48.5 Å². The molecule has 5 rings (SSSR count). The fourth-order valence-corrected chi connectivity index (χ4v) is 5.26. The summed E-state index contributed by atoms with van der Waals surface area (Å²) < 4.78 is 0. The Balaban J connectivity index is 1.21. The van der Waals surface area contributed by atoms with E-state index in [1.54, 1.807) is 26.8 Å². The lowest BCUT2D eigenvalue weighted by Gasteiger charge is -2.48. The Bertz CT molecular complexity index is 1160. The summed E-state index contributed by atoms with van der Waals surface area (Å²) in [4.78, 5) is 55.6. The zero-order chi connectivity index (χ0) is 23.9. The number of nitrogens with zero attached hydrogens (tertiary/aromatic N) is 3.